The summed E-state index contributed by atoms with van der Waals surface area (Å²) in [5.41, 5.74) is 1.61. The van der Waals surface area contributed by atoms with E-state index in [1.165, 1.54) is 6.07 Å². The van der Waals surface area contributed by atoms with Gasteiger partial charge in [-0.3, -0.25) is 0 Å². The lowest BCUT2D eigenvalue weighted by Gasteiger charge is -2.11. The van der Waals surface area contributed by atoms with Crippen LogP contribution in [0.25, 0.3) is 5.69 Å². The van der Waals surface area contributed by atoms with Gasteiger partial charge in [0.2, 0.25) is 0 Å². The van der Waals surface area contributed by atoms with Gasteiger partial charge in [0.05, 0.1) is 28.3 Å². The number of carbonyl (C=O) groups is 1. The highest BCUT2D eigenvalue weighted by Gasteiger charge is 2.32. The van der Waals surface area contributed by atoms with Crippen molar-refractivity contribution >= 4 is 16.0 Å². The van der Waals surface area contributed by atoms with Crippen molar-refractivity contribution < 1.29 is 18.3 Å². The predicted molar refractivity (Wildman–Crippen MR) is 98.8 cm³/mol. The molecule has 0 spiro atoms. The van der Waals surface area contributed by atoms with E-state index in [0.29, 0.717) is 16.8 Å². The van der Waals surface area contributed by atoms with Crippen LogP contribution in [0.15, 0.2) is 71.9 Å². The molecule has 0 saturated carbocycles. The number of rotatable bonds is 2. The molecule has 6 nitrogen and oxygen atoms in total. The molecule has 7 heteroatoms. The normalized spacial score (nSPS) is 14.3. The molecule has 1 aliphatic rings. The molecule has 0 radical (unpaired) electrons. The molecule has 134 valence electrons. The number of fused-ring (bicyclic) bond motifs is 1. The molecule has 0 atom stereocenters. The smallest absolute Gasteiger partial charge is 0.337 e. The molecule has 0 bridgehead atoms. The minimum atomic E-state index is -3.67. The summed E-state index contributed by atoms with van der Waals surface area (Å²) in [6.45, 7) is 0.170. The van der Waals surface area contributed by atoms with Crippen LogP contribution in [0.2, 0.25) is 0 Å². The first-order valence-electron chi connectivity index (χ1n) is 8.10. The Bertz CT molecular complexity index is 1200. The van der Waals surface area contributed by atoms with Gasteiger partial charge in [-0.05, 0) is 41.8 Å². The molecule has 2 aromatic carbocycles. The van der Waals surface area contributed by atoms with Gasteiger partial charge in [-0.2, -0.15) is 0 Å². The first kappa shape index (κ1) is 16.9. The van der Waals surface area contributed by atoms with Crippen LogP contribution in [0.3, 0.4) is 0 Å². The highest BCUT2D eigenvalue weighted by atomic mass is 32.2. The van der Waals surface area contributed by atoms with Gasteiger partial charge in [-0.25, -0.2) is 17.5 Å². The van der Waals surface area contributed by atoms with E-state index in [9.17, 15) is 18.3 Å². The Morgan fingerprint density at radius 2 is 1.74 bits per heavy atom. The Morgan fingerprint density at radius 3 is 2.44 bits per heavy atom. The van der Waals surface area contributed by atoms with E-state index in [0.717, 1.165) is 4.31 Å². The Kier molecular flexibility index (Phi) is 3.98. The Labute approximate surface area is 156 Å². The van der Waals surface area contributed by atoms with E-state index in [1.807, 2.05) is 0 Å². The second-order valence-corrected chi connectivity index (χ2v) is 7.78. The second-order valence-electron chi connectivity index (χ2n) is 5.95. The van der Waals surface area contributed by atoms with Crippen molar-refractivity contribution in [1.82, 2.24) is 8.87 Å². The van der Waals surface area contributed by atoms with Crippen LogP contribution in [-0.4, -0.2) is 28.4 Å². The van der Waals surface area contributed by atoms with E-state index in [2.05, 4.69) is 12.0 Å². The maximum Gasteiger partial charge on any atom is 0.337 e. The minimum Gasteiger partial charge on any atom is -0.478 e. The molecule has 1 aliphatic heterocycles. The molecule has 0 amide bonds. The molecular weight excluding hydrogens is 364 g/mol. The summed E-state index contributed by atoms with van der Waals surface area (Å²) in [6.07, 6.45) is 3.44. The lowest BCUT2D eigenvalue weighted by atomic mass is 10.1. The average molecular weight is 378 g/mol. The number of carboxylic acid groups (broad SMARTS) is 1. The number of carboxylic acids is 1. The maximum atomic E-state index is 12.6. The van der Waals surface area contributed by atoms with Gasteiger partial charge in [0.15, 0.2) is 0 Å². The summed E-state index contributed by atoms with van der Waals surface area (Å²) in [6, 6.07) is 17.8. The molecule has 0 saturated heterocycles. The average Bonchev–Trinajstić information content (AvgIpc) is 3.26. The maximum absolute atomic E-state index is 12.6. The summed E-state index contributed by atoms with van der Waals surface area (Å²) in [5.74, 6) is 1.76. The van der Waals surface area contributed by atoms with Crippen molar-refractivity contribution in [2.75, 3.05) is 0 Å². The van der Waals surface area contributed by atoms with Crippen molar-refractivity contribution in [3.05, 3.63) is 83.7 Å². The van der Waals surface area contributed by atoms with Crippen LogP contribution in [0.5, 0.6) is 0 Å². The number of sulfonamides is 1. The zero-order valence-electron chi connectivity index (χ0n) is 14.0. The molecule has 0 aliphatic carbocycles. The number of aromatic carboxylic acids is 1. The Hall–Kier alpha value is -3.50. The molecule has 1 aromatic heterocycles. The number of hydrogen-bond donors (Lipinski definition) is 1. The highest BCUT2D eigenvalue weighted by Crippen LogP contribution is 2.29. The molecule has 4 rings (SSSR count). The first-order valence-corrected chi connectivity index (χ1v) is 9.54. The number of para-hydroxylation sites is 1. The molecule has 1 N–H and O–H groups in total. The number of hydrogen-bond acceptors (Lipinski definition) is 3. The summed E-state index contributed by atoms with van der Waals surface area (Å²) >= 11 is 0. The standard InChI is InChI=1S/C20H14N2O4S/c23-20(24)17-8-5-7-15(19(17)21-11-3-4-12-21)10-13-22-14-16-6-1-2-9-18(16)27(22,25)26/h1-9,11-12H,14H2,(H,23,24). The topological polar surface area (TPSA) is 79.6 Å². The van der Waals surface area contributed by atoms with Gasteiger partial charge < -0.3 is 9.67 Å². The monoisotopic (exact) mass is 378 g/mol. The Balaban J connectivity index is 1.80. The summed E-state index contributed by atoms with van der Waals surface area (Å²) in [5, 5.41) is 9.50. The first-order chi connectivity index (χ1) is 13.0. The summed E-state index contributed by atoms with van der Waals surface area (Å²) in [4.78, 5) is 11.9. The van der Waals surface area contributed by atoms with Crippen LogP contribution in [-0.2, 0) is 16.6 Å². The van der Waals surface area contributed by atoms with Crippen molar-refractivity contribution in [2.24, 2.45) is 0 Å². The molecular formula is C20H14N2O4S. The van der Waals surface area contributed by atoms with Gasteiger partial charge in [0.25, 0.3) is 10.0 Å². The fourth-order valence-electron chi connectivity index (χ4n) is 3.05. The SMILES string of the molecule is O=C(O)c1cccc(C#CN2Cc3ccccc3S2(=O)=O)c1-n1cccc1. The third kappa shape index (κ3) is 2.86. The molecule has 0 fully saturated rings. The number of benzene rings is 2. The second kappa shape index (κ2) is 6.34. The molecule has 2 heterocycles. The van der Waals surface area contributed by atoms with Crippen LogP contribution < -0.4 is 0 Å². The van der Waals surface area contributed by atoms with Gasteiger partial charge in [-0.15, -0.1) is 0 Å². The van der Waals surface area contributed by atoms with Crippen molar-refractivity contribution in [3.8, 4) is 17.7 Å². The molecule has 3 aromatic rings. The lowest BCUT2D eigenvalue weighted by molar-refractivity contribution is 0.0697. The van der Waals surface area contributed by atoms with Crippen LogP contribution in [0.4, 0.5) is 0 Å². The van der Waals surface area contributed by atoms with Crippen LogP contribution >= 0.6 is 0 Å². The fraction of sp³-hybridized carbons (Fsp3) is 0.0500. The van der Waals surface area contributed by atoms with Gasteiger partial charge >= 0.3 is 5.97 Å². The third-order valence-corrected chi connectivity index (χ3v) is 6.05. The van der Waals surface area contributed by atoms with Crippen LogP contribution in [0.1, 0.15) is 21.5 Å². The molecule has 0 unspecified atom stereocenters. The summed E-state index contributed by atoms with van der Waals surface area (Å²) in [7, 11) is -3.67. The lowest BCUT2D eigenvalue weighted by Crippen LogP contribution is -2.18. The van der Waals surface area contributed by atoms with Crippen LogP contribution in [0, 0.1) is 12.0 Å². The van der Waals surface area contributed by atoms with Gasteiger partial charge in [-0.1, -0.05) is 24.3 Å². The van der Waals surface area contributed by atoms with E-state index < -0.39 is 16.0 Å². The zero-order chi connectivity index (χ0) is 19.0. The fourth-order valence-corrected chi connectivity index (χ4v) is 4.47. The third-order valence-electron chi connectivity index (χ3n) is 4.30. The number of nitrogens with zero attached hydrogens (tertiary/aromatic N) is 2. The van der Waals surface area contributed by atoms with E-state index in [4.69, 9.17) is 0 Å². The highest BCUT2D eigenvalue weighted by molar-refractivity contribution is 7.89. The van der Waals surface area contributed by atoms with E-state index in [1.54, 1.807) is 65.5 Å². The van der Waals surface area contributed by atoms with Gasteiger partial charge in [0, 0.05) is 18.4 Å². The van der Waals surface area contributed by atoms with Crippen molar-refractivity contribution in [1.29, 1.82) is 0 Å². The molecule has 27 heavy (non-hydrogen) atoms. The van der Waals surface area contributed by atoms with Crippen molar-refractivity contribution in [2.45, 2.75) is 11.4 Å². The summed E-state index contributed by atoms with van der Waals surface area (Å²) < 4.78 is 28.0. The van der Waals surface area contributed by atoms with Gasteiger partial charge in [0.1, 0.15) is 0 Å². The number of aromatic nitrogens is 1. The predicted octanol–water partition coefficient (Wildman–Crippen LogP) is 2.69. The minimum absolute atomic E-state index is 0.0885. The quantitative estimate of drug-likeness (QED) is 0.696. The van der Waals surface area contributed by atoms with E-state index >= 15 is 0 Å². The largest absolute Gasteiger partial charge is 0.478 e. The Morgan fingerprint density at radius 1 is 1.00 bits per heavy atom. The zero-order valence-corrected chi connectivity index (χ0v) is 14.8. The van der Waals surface area contributed by atoms with E-state index in [-0.39, 0.29) is 17.0 Å². The van der Waals surface area contributed by atoms with Crippen molar-refractivity contribution in [3.63, 3.8) is 0 Å².